The molecule has 0 saturated carbocycles. The number of amides is 2. The minimum Gasteiger partial charge on any atom is -0.325 e. The van der Waals surface area contributed by atoms with Crippen LogP contribution >= 0.6 is 0 Å². The number of carbonyl (C=O) groups is 1. The summed E-state index contributed by atoms with van der Waals surface area (Å²) in [6, 6.07) is 9.83. The molecule has 5 nitrogen and oxygen atoms in total. The van der Waals surface area contributed by atoms with Gasteiger partial charge in [0.25, 0.3) is 0 Å². The van der Waals surface area contributed by atoms with E-state index >= 15 is 0 Å². The van der Waals surface area contributed by atoms with Crippen molar-refractivity contribution in [2.45, 2.75) is 32.2 Å². The predicted octanol–water partition coefficient (Wildman–Crippen LogP) is 3.34. The predicted molar refractivity (Wildman–Crippen MR) is 86.8 cm³/mol. The van der Waals surface area contributed by atoms with Crippen LogP contribution in [0.2, 0.25) is 0 Å². The molecule has 1 aromatic carbocycles. The minimum atomic E-state index is 0.00909. The van der Waals surface area contributed by atoms with E-state index in [0.717, 1.165) is 37.2 Å². The van der Waals surface area contributed by atoms with Crippen molar-refractivity contribution >= 4 is 11.7 Å². The first kappa shape index (κ1) is 14.6. The molecule has 1 aromatic heterocycles. The van der Waals surface area contributed by atoms with Gasteiger partial charge in [-0.05, 0) is 30.5 Å². The summed E-state index contributed by atoms with van der Waals surface area (Å²) in [5.74, 6) is 0. The van der Waals surface area contributed by atoms with E-state index < -0.39 is 0 Å². The highest BCUT2D eigenvalue weighted by Gasteiger charge is 2.16. The van der Waals surface area contributed by atoms with Crippen molar-refractivity contribution in [2.24, 2.45) is 0 Å². The Labute approximate surface area is 130 Å². The Kier molecular flexibility index (Phi) is 4.73. The number of hydrogen-bond acceptors (Lipinski definition) is 2. The topological polar surface area (TPSA) is 50.2 Å². The molecule has 1 aliphatic rings. The Morgan fingerprint density at radius 3 is 2.59 bits per heavy atom. The maximum absolute atomic E-state index is 12.5. The lowest BCUT2D eigenvalue weighted by Crippen LogP contribution is -2.35. The molecule has 0 spiro atoms. The summed E-state index contributed by atoms with van der Waals surface area (Å²) < 4.78 is 1.86. The van der Waals surface area contributed by atoms with E-state index in [2.05, 4.69) is 10.4 Å². The lowest BCUT2D eigenvalue weighted by atomic mass is 10.2. The molecule has 0 aliphatic carbocycles. The fourth-order valence-electron chi connectivity index (χ4n) is 2.82. The maximum Gasteiger partial charge on any atom is 0.321 e. The molecule has 2 heterocycles. The van der Waals surface area contributed by atoms with Crippen LogP contribution in [0.25, 0.3) is 0 Å². The van der Waals surface area contributed by atoms with Crippen molar-refractivity contribution in [3.63, 3.8) is 0 Å². The fraction of sp³-hybridized carbons (Fsp3) is 0.412. The molecule has 2 amide bonds. The van der Waals surface area contributed by atoms with Crippen LogP contribution < -0.4 is 5.32 Å². The van der Waals surface area contributed by atoms with Gasteiger partial charge >= 0.3 is 6.03 Å². The van der Waals surface area contributed by atoms with E-state index in [-0.39, 0.29) is 6.03 Å². The Bertz CT molecular complexity index is 601. The number of rotatable bonds is 3. The second kappa shape index (κ2) is 7.11. The molecule has 0 atom stereocenters. The Hall–Kier alpha value is -2.30. The highest BCUT2D eigenvalue weighted by atomic mass is 16.2. The van der Waals surface area contributed by atoms with Gasteiger partial charge in [0.15, 0.2) is 0 Å². The minimum absolute atomic E-state index is 0.00909. The summed E-state index contributed by atoms with van der Waals surface area (Å²) in [6.07, 6.45) is 8.33. The average Bonchev–Trinajstić information content (AvgIpc) is 2.88. The Balaban J connectivity index is 1.70. The van der Waals surface area contributed by atoms with Crippen LogP contribution in [0.15, 0.2) is 42.7 Å². The summed E-state index contributed by atoms with van der Waals surface area (Å²) in [5.41, 5.74) is 1.93. The van der Waals surface area contributed by atoms with E-state index in [0.29, 0.717) is 6.54 Å². The number of hydrogen-bond donors (Lipinski definition) is 1. The zero-order valence-corrected chi connectivity index (χ0v) is 12.7. The van der Waals surface area contributed by atoms with Crippen LogP contribution in [0, 0.1) is 0 Å². The molecular formula is C17H22N4O. The van der Waals surface area contributed by atoms with Crippen LogP contribution in [0.5, 0.6) is 0 Å². The van der Waals surface area contributed by atoms with E-state index in [9.17, 15) is 4.79 Å². The van der Waals surface area contributed by atoms with Gasteiger partial charge in [-0.15, -0.1) is 0 Å². The third-order valence-electron chi connectivity index (χ3n) is 4.04. The molecule has 5 heteroatoms. The molecule has 0 radical (unpaired) electrons. The van der Waals surface area contributed by atoms with Gasteiger partial charge < -0.3 is 10.2 Å². The first-order valence-electron chi connectivity index (χ1n) is 7.94. The number of nitrogens with zero attached hydrogens (tertiary/aromatic N) is 3. The number of benzene rings is 1. The Morgan fingerprint density at radius 1 is 1.09 bits per heavy atom. The second-order valence-electron chi connectivity index (χ2n) is 5.69. The number of anilines is 1. The van der Waals surface area contributed by atoms with Gasteiger partial charge in [-0.1, -0.05) is 31.0 Å². The number of likely N-dealkylation sites (tertiary alicyclic amines) is 1. The van der Waals surface area contributed by atoms with Crippen LogP contribution in [-0.2, 0) is 6.54 Å². The lowest BCUT2D eigenvalue weighted by molar-refractivity contribution is 0.213. The van der Waals surface area contributed by atoms with Gasteiger partial charge in [0.1, 0.15) is 0 Å². The molecule has 1 saturated heterocycles. The summed E-state index contributed by atoms with van der Waals surface area (Å²) >= 11 is 0. The quantitative estimate of drug-likeness (QED) is 0.945. The van der Waals surface area contributed by atoms with Crippen molar-refractivity contribution in [1.29, 1.82) is 0 Å². The summed E-state index contributed by atoms with van der Waals surface area (Å²) in [4.78, 5) is 14.4. The largest absolute Gasteiger partial charge is 0.325 e. The third-order valence-corrected chi connectivity index (χ3v) is 4.04. The summed E-state index contributed by atoms with van der Waals surface area (Å²) in [5, 5.41) is 7.29. The molecule has 3 rings (SSSR count). The first-order chi connectivity index (χ1) is 10.8. The lowest BCUT2D eigenvalue weighted by Gasteiger charge is -2.21. The number of nitrogens with one attached hydrogen (secondary N) is 1. The maximum atomic E-state index is 12.5. The second-order valence-corrected chi connectivity index (χ2v) is 5.69. The number of para-hydroxylation sites is 1. The number of carbonyl (C=O) groups excluding carboxylic acids is 1. The molecule has 1 aliphatic heterocycles. The van der Waals surface area contributed by atoms with Crippen molar-refractivity contribution in [1.82, 2.24) is 14.7 Å². The van der Waals surface area contributed by atoms with Crippen molar-refractivity contribution in [3.05, 3.63) is 48.3 Å². The summed E-state index contributed by atoms with van der Waals surface area (Å²) in [6.45, 7) is 2.36. The van der Waals surface area contributed by atoms with Gasteiger partial charge in [0.05, 0.1) is 6.54 Å². The molecule has 1 fully saturated rings. The number of urea groups is 1. The van der Waals surface area contributed by atoms with Gasteiger partial charge in [-0.3, -0.25) is 4.68 Å². The average molecular weight is 298 g/mol. The van der Waals surface area contributed by atoms with E-state index in [1.54, 1.807) is 6.20 Å². The van der Waals surface area contributed by atoms with Gasteiger partial charge in [-0.25, -0.2) is 4.79 Å². The zero-order valence-electron chi connectivity index (χ0n) is 12.7. The molecule has 1 N–H and O–H groups in total. The van der Waals surface area contributed by atoms with Crippen LogP contribution in [0.3, 0.4) is 0 Å². The third kappa shape index (κ3) is 3.67. The number of aromatic nitrogens is 2. The fourth-order valence-corrected chi connectivity index (χ4v) is 2.82. The van der Waals surface area contributed by atoms with Crippen LogP contribution in [0.4, 0.5) is 10.5 Å². The molecule has 0 unspecified atom stereocenters. The molecular weight excluding hydrogens is 276 g/mol. The van der Waals surface area contributed by atoms with E-state index in [1.807, 2.05) is 46.1 Å². The highest BCUT2D eigenvalue weighted by Crippen LogP contribution is 2.18. The normalized spacial score (nSPS) is 15.4. The van der Waals surface area contributed by atoms with Crippen molar-refractivity contribution in [2.75, 3.05) is 18.4 Å². The summed E-state index contributed by atoms with van der Waals surface area (Å²) in [7, 11) is 0. The highest BCUT2D eigenvalue weighted by molar-refractivity contribution is 5.90. The molecule has 2 aromatic rings. The SMILES string of the molecule is O=C(Nc1ccccc1Cn1cccn1)N1CCCCCC1. The van der Waals surface area contributed by atoms with Crippen LogP contribution in [0.1, 0.15) is 31.2 Å². The molecule has 22 heavy (non-hydrogen) atoms. The molecule has 0 bridgehead atoms. The van der Waals surface area contributed by atoms with E-state index in [1.165, 1.54) is 12.8 Å². The monoisotopic (exact) mass is 298 g/mol. The standard InChI is InChI=1S/C17H22N4O/c22-17(20-11-5-1-2-6-12-20)19-16-9-4-3-8-15(16)14-21-13-7-10-18-21/h3-4,7-10,13H,1-2,5-6,11-12,14H2,(H,19,22). The van der Waals surface area contributed by atoms with Gasteiger partial charge in [0, 0.05) is 31.2 Å². The van der Waals surface area contributed by atoms with Crippen molar-refractivity contribution in [3.8, 4) is 0 Å². The Morgan fingerprint density at radius 2 is 1.86 bits per heavy atom. The smallest absolute Gasteiger partial charge is 0.321 e. The first-order valence-corrected chi connectivity index (χ1v) is 7.94. The zero-order chi connectivity index (χ0) is 15.2. The van der Waals surface area contributed by atoms with Gasteiger partial charge in [-0.2, -0.15) is 5.10 Å². The van der Waals surface area contributed by atoms with Crippen LogP contribution in [-0.4, -0.2) is 33.8 Å². The van der Waals surface area contributed by atoms with Crippen molar-refractivity contribution < 1.29 is 4.79 Å². The van der Waals surface area contributed by atoms with E-state index in [4.69, 9.17) is 0 Å². The van der Waals surface area contributed by atoms with Gasteiger partial charge in [0.2, 0.25) is 0 Å². The molecule has 116 valence electrons.